The molecule has 0 radical (unpaired) electrons. The molecule has 182 valence electrons. The van der Waals surface area contributed by atoms with Crippen LogP contribution in [0.5, 0.6) is 11.8 Å². The third kappa shape index (κ3) is 3.43. The monoisotopic (exact) mass is 482 g/mol. The van der Waals surface area contributed by atoms with Gasteiger partial charge in [0, 0.05) is 31.7 Å². The van der Waals surface area contributed by atoms with Crippen LogP contribution in [0.1, 0.15) is 31.7 Å². The highest BCUT2D eigenvalue weighted by atomic mass is 19.2. The minimum atomic E-state index is -0.966. The van der Waals surface area contributed by atoms with Crippen LogP contribution in [0.4, 0.5) is 20.3 Å². The largest absolute Gasteiger partial charge is 0.421 e. The summed E-state index contributed by atoms with van der Waals surface area (Å²) in [6.45, 7) is 2.22. The first-order valence-electron chi connectivity index (χ1n) is 11.4. The Morgan fingerprint density at radius 2 is 2.00 bits per heavy atom. The molecule has 12 heteroatoms. The maximum absolute atomic E-state index is 15.2. The maximum Gasteiger partial charge on any atom is 0.326 e. The molecular formula is C23H24F2N8O2. The van der Waals surface area contributed by atoms with E-state index in [-0.39, 0.29) is 35.1 Å². The van der Waals surface area contributed by atoms with Crippen molar-refractivity contribution in [3.63, 3.8) is 0 Å². The zero-order valence-corrected chi connectivity index (χ0v) is 19.1. The standard InChI is InChI=1S/C23H24F2N8O2/c1-9(34)20-28-6-12(7-29-20)35-23-31-21-17(16-18(25)13(24)5-15(27-2)19(16)30-21)22(32-23)33-8-10-3-11(33)4-14(10)26/h5-7,9-11,14,27,34H,3-4,8,26H2,1-2H3,(H,30,31,32). The van der Waals surface area contributed by atoms with Crippen molar-refractivity contribution in [2.75, 3.05) is 23.8 Å². The SMILES string of the molecule is CNc1cc(F)c(F)c2c1[nH]c1nc(Oc3cnc(C(C)O)nc3)nc(N3CC4CC3CC4N)c12. The van der Waals surface area contributed by atoms with Crippen LogP contribution in [0.3, 0.4) is 0 Å². The van der Waals surface area contributed by atoms with Gasteiger partial charge in [-0.3, -0.25) is 0 Å². The summed E-state index contributed by atoms with van der Waals surface area (Å²) in [5.41, 5.74) is 7.35. The Labute approximate surface area is 198 Å². The van der Waals surface area contributed by atoms with Gasteiger partial charge in [-0.25, -0.2) is 18.7 Å². The average Bonchev–Trinajstić information content (AvgIpc) is 3.53. The number of hydrogen-bond acceptors (Lipinski definition) is 9. The normalized spacial score (nSPS) is 22.3. The molecule has 4 atom stereocenters. The van der Waals surface area contributed by atoms with Crippen LogP contribution in [-0.2, 0) is 0 Å². The van der Waals surface area contributed by atoms with Crippen molar-refractivity contribution in [2.24, 2.45) is 11.7 Å². The number of ether oxygens (including phenoxy) is 1. The number of aromatic nitrogens is 5. The number of nitrogens with zero attached hydrogens (tertiary/aromatic N) is 5. The van der Waals surface area contributed by atoms with Gasteiger partial charge in [0.2, 0.25) is 0 Å². The Morgan fingerprint density at radius 1 is 1.23 bits per heavy atom. The van der Waals surface area contributed by atoms with E-state index in [0.717, 1.165) is 18.9 Å². The Kier molecular flexibility index (Phi) is 4.97. The average molecular weight is 482 g/mol. The quantitative estimate of drug-likeness (QED) is 0.338. The molecule has 10 nitrogen and oxygen atoms in total. The molecule has 1 saturated carbocycles. The number of anilines is 2. The molecule has 3 aromatic heterocycles. The summed E-state index contributed by atoms with van der Waals surface area (Å²) in [5, 5.41) is 13.0. The number of fused-ring (bicyclic) bond motifs is 5. The number of halogens is 2. The fourth-order valence-corrected chi connectivity index (χ4v) is 5.26. The van der Waals surface area contributed by atoms with Crippen molar-refractivity contribution in [3.05, 3.63) is 35.9 Å². The minimum absolute atomic E-state index is 0.00594. The molecule has 4 aromatic rings. The molecule has 1 aromatic carbocycles. The number of H-pyrrole nitrogens is 1. The second-order valence-corrected chi connectivity index (χ2v) is 9.15. The number of nitrogens with two attached hydrogens (primary N) is 1. The number of nitrogens with one attached hydrogen (secondary N) is 2. The number of hydrogen-bond donors (Lipinski definition) is 4. The zero-order valence-electron chi connectivity index (χ0n) is 19.1. The van der Waals surface area contributed by atoms with Gasteiger partial charge >= 0.3 is 6.01 Å². The van der Waals surface area contributed by atoms with Gasteiger partial charge in [-0.2, -0.15) is 9.97 Å². The van der Waals surface area contributed by atoms with Crippen LogP contribution < -0.4 is 20.7 Å². The van der Waals surface area contributed by atoms with Gasteiger partial charge in [-0.15, -0.1) is 0 Å². The Hall–Kier alpha value is -3.64. The highest BCUT2D eigenvalue weighted by Crippen LogP contribution is 2.44. The van der Waals surface area contributed by atoms with Crippen molar-refractivity contribution < 1.29 is 18.6 Å². The summed E-state index contributed by atoms with van der Waals surface area (Å²) in [6.07, 6.45) is 3.72. The fourth-order valence-electron chi connectivity index (χ4n) is 5.26. The van der Waals surface area contributed by atoms with Crippen molar-refractivity contribution in [2.45, 2.75) is 38.0 Å². The van der Waals surface area contributed by atoms with Crippen molar-refractivity contribution >= 4 is 33.4 Å². The maximum atomic E-state index is 15.2. The number of benzene rings is 1. The molecule has 4 heterocycles. The van der Waals surface area contributed by atoms with Gasteiger partial charge in [0.1, 0.15) is 17.6 Å². The van der Waals surface area contributed by atoms with Crippen LogP contribution >= 0.6 is 0 Å². The van der Waals surface area contributed by atoms with Crippen LogP contribution in [0.15, 0.2) is 18.5 Å². The first kappa shape index (κ1) is 21.9. The summed E-state index contributed by atoms with van der Waals surface area (Å²) in [7, 11) is 1.64. The van der Waals surface area contributed by atoms with Gasteiger partial charge < -0.3 is 30.8 Å². The van der Waals surface area contributed by atoms with Crippen LogP contribution in [-0.4, -0.2) is 55.7 Å². The molecule has 0 amide bonds. The lowest BCUT2D eigenvalue weighted by atomic mass is 10.0. The molecule has 4 unspecified atom stereocenters. The summed E-state index contributed by atoms with van der Waals surface area (Å²) in [6, 6.07) is 1.36. The second-order valence-electron chi connectivity index (χ2n) is 9.15. The molecule has 2 aliphatic rings. The third-order valence-corrected chi connectivity index (χ3v) is 6.95. The van der Waals surface area contributed by atoms with Gasteiger partial charge in [0.25, 0.3) is 0 Å². The van der Waals surface area contributed by atoms with Gasteiger partial charge in [-0.05, 0) is 25.7 Å². The molecule has 2 fully saturated rings. The van der Waals surface area contributed by atoms with Gasteiger partial charge in [0.15, 0.2) is 23.2 Å². The smallest absolute Gasteiger partial charge is 0.326 e. The topological polar surface area (TPSA) is 138 Å². The predicted octanol–water partition coefficient (Wildman–Crippen LogP) is 2.99. The van der Waals surface area contributed by atoms with Crippen LogP contribution in [0, 0.1) is 17.6 Å². The van der Waals surface area contributed by atoms with E-state index in [1.54, 1.807) is 14.0 Å². The van der Waals surface area contributed by atoms with E-state index in [1.807, 2.05) is 0 Å². The van der Waals surface area contributed by atoms with Crippen molar-refractivity contribution in [1.82, 2.24) is 24.9 Å². The van der Waals surface area contributed by atoms with E-state index in [9.17, 15) is 9.50 Å². The van der Waals surface area contributed by atoms with Gasteiger partial charge in [-0.1, -0.05) is 0 Å². The van der Waals surface area contributed by atoms with E-state index < -0.39 is 17.7 Å². The predicted molar refractivity (Wildman–Crippen MR) is 125 cm³/mol. The fraction of sp³-hybridized carbons (Fsp3) is 0.391. The van der Waals surface area contributed by atoms with E-state index in [2.05, 4.69) is 35.1 Å². The lowest BCUT2D eigenvalue weighted by Crippen LogP contribution is -2.41. The molecular weight excluding hydrogens is 458 g/mol. The first-order chi connectivity index (χ1) is 16.8. The van der Waals surface area contributed by atoms with Crippen molar-refractivity contribution in [3.8, 4) is 11.8 Å². The highest BCUT2D eigenvalue weighted by Gasteiger charge is 2.44. The minimum Gasteiger partial charge on any atom is -0.421 e. The number of aliphatic hydroxyl groups is 1. The molecule has 2 bridgehead atoms. The molecule has 6 rings (SSSR count). The van der Waals surface area contributed by atoms with Gasteiger partial charge in [0.05, 0.1) is 34.4 Å². The van der Waals surface area contributed by atoms with Crippen LogP contribution in [0.2, 0.25) is 0 Å². The lowest BCUT2D eigenvalue weighted by molar-refractivity contribution is 0.188. The third-order valence-electron chi connectivity index (χ3n) is 6.95. The summed E-state index contributed by atoms with van der Waals surface area (Å²) >= 11 is 0. The number of aliphatic hydroxyl groups excluding tert-OH is 1. The van der Waals surface area contributed by atoms with E-state index in [0.29, 0.717) is 40.5 Å². The zero-order chi connectivity index (χ0) is 24.4. The number of rotatable bonds is 5. The van der Waals surface area contributed by atoms with E-state index in [1.165, 1.54) is 12.4 Å². The number of aromatic amines is 1. The van der Waals surface area contributed by atoms with Crippen LogP contribution in [0.25, 0.3) is 21.9 Å². The summed E-state index contributed by atoms with van der Waals surface area (Å²) in [4.78, 5) is 22.5. The molecule has 1 aliphatic heterocycles. The number of piperidine rings is 1. The molecule has 1 saturated heterocycles. The summed E-state index contributed by atoms with van der Waals surface area (Å²) < 4.78 is 35.5. The summed E-state index contributed by atoms with van der Waals surface area (Å²) in [5.74, 6) is -0.638. The van der Waals surface area contributed by atoms with E-state index >= 15 is 4.39 Å². The Balaban J connectivity index is 1.53. The van der Waals surface area contributed by atoms with Crippen molar-refractivity contribution in [1.29, 1.82) is 0 Å². The van der Waals surface area contributed by atoms with E-state index in [4.69, 9.17) is 10.5 Å². The second kappa shape index (κ2) is 7.95. The first-order valence-corrected chi connectivity index (χ1v) is 11.4. The molecule has 35 heavy (non-hydrogen) atoms. The molecule has 0 spiro atoms. The molecule has 5 N–H and O–H groups in total. The highest BCUT2D eigenvalue weighted by molar-refractivity contribution is 6.15. The Morgan fingerprint density at radius 3 is 2.63 bits per heavy atom. The Bertz CT molecular complexity index is 1440. The molecule has 1 aliphatic carbocycles. The lowest BCUT2D eigenvalue weighted by Gasteiger charge is -2.31.